The van der Waals surface area contributed by atoms with Crippen LogP contribution < -0.4 is 14.8 Å². The molecule has 1 N–H and O–H groups in total. The molecule has 0 spiro atoms. The zero-order valence-electron chi connectivity index (χ0n) is 12.2. The second-order valence-corrected chi connectivity index (χ2v) is 6.12. The van der Waals surface area contributed by atoms with Crippen LogP contribution in [0.2, 0.25) is 0 Å². The molecule has 1 aromatic rings. The molecular formula is C16H24BrNO2. The average molecular weight is 342 g/mol. The summed E-state index contributed by atoms with van der Waals surface area (Å²) in [5, 5.41) is 3.61. The Labute approximate surface area is 130 Å². The number of para-hydroxylation sites is 1. The van der Waals surface area contributed by atoms with Gasteiger partial charge in [0.2, 0.25) is 0 Å². The molecule has 0 heterocycles. The largest absolute Gasteiger partial charge is 0.493 e. The van der Waals surface area contributed by atoms with Crippen LogP contribution in [0.1, 0.15) is 38.5 Å². The van der Waals surface area contributed by atoms with Gasteiger partial charge in [-0.15, -0.1) is 0 Å². The van der Waals surface area contributed by atoms with E-state index in [1.165, 1.54) is 38.5 Å². The fraction of sp³-hybridized carbons (Fsp3) is 0.625. The number of nitrogens with one attached hydrogen (secondary N) is 1. The molecule has 1 aliphatic carbocycles. The third kappa shape index (κ3) is 4.67. The van der Waals surface area contributed by atoms with Gasteiger partial charge in [-0.1, -0.05) is 31.7 Å². The number of halogens is 1. The lowest BCUT2D eigenvalue weighted by atomic mass is 10.1. The van der Waals surface area contributed by atoms with Crippen molar-refractivity contribution < 1.29 is 9.47 Å². The number of hydrogen-bond acceptors (Lipinski definition) is 3. The van der Waals surface area contributed by atoms with Gasteiger partial charge in [-0.2, -0.15) is 0 Å². The van der Waals surface area contributed by atoms with Gasteiger partial charge in [-0.05, 0) is 40.9 Å². The van der Waals surface area contributed by atoms with Gasteiger partial charge in [0.15, 0.2) is 11.5 Å². The molecule has 0 bridgehead atoms. The van der Waals surface area contributed by atoms with E-state index in [9.17, 15) is 0 Å². The third-order valence-corrected chi connectivity index (χ3v) is 4.41. The van der Waals surface area contributed by atoms with Gasteiger partial charge in [0.25, 0.3) is 0 Å². The zero-order valence-corrected chi connectivity index (χ0v) is 13.7. The maximum atomic E-state index is 5.85. The van der Waals surface area contributed by atoms with Gasteiger partial charge >= 0.3 is 0 Å². The lowest BCUT2D eigenvalue weighted by molar-refractivity contribution is 0.281. The van der Waals surface area contributed by atoms with Gasteiger partial charge in [0.05, 0.1) is 11.6 Å². The highest BCUT2D eigenvalue weighted by atomic mass is 79.9. The predicted molar refractivity (Wildman–Crippen MR) is 85.7 cm³/mol. The van der Waals surface area contributed by atoms with Crippen molar-refractivity contribution in [3.8, 4) is 11.5 Å². The summed E-state index contributed by atoms with van der Waals surface area (Å²) < 4.78 is 12.1. The molecule has 112 valence electrons. The summed E-state index contributed by atoms with van der Waals surface area (Å²) in [6.45, 7) is 1.55. The van der Waals surface area contributed by atoms with E-state index in [2.05, 4.69) is 21.2 Å². The first-order chi connectivity index (χ1) is 9.81. The Balaban J connectivity index is 1.75. The van der Waals surface area contributed by atoms with E-state index < -0.39 is 0 Å². The van der Waals surface area contributed by atoms with Crippen molar-refractivity contribution in [1.29, 1.82) is 0 Å². The summed E-state index contributed by atoms with van der Waals surface area (Å²) in [5.74, 6) is 1.56. The number of benzene rings is 1. The Morgan fingerprint density at radius 1 is 1.20 bits per heavy atom. The highest BCUT2D eigenvalue weighted by Gasteiger charge is 2.12. The minimum Gasteiger partial charge on any atom is -0.493 e. The number of hydrogen-bond donors (Lipinski definition) is 1. The molecule has 0 aromatic heterocycles. The Hall–Kier alpha value is -0.740. The van der Waals surface area contributed by atoms with Crippen molar-refractivity contribution in [3.05, 3.63) is 22.7 Å². The first-order valence-electron chi connectivity index (χ1n) is 7.50. The van der Waals surface area contributed by atoms with E-state index in [1.807, 2.05) is 18.2 Å². The molecule has 1 saturated carbocycles. The van der Waals surface area contributed by atoms with Gasteiger partial charge in [0.1, 0.15) is 6.61 Å². The Morgan fingerprint density at radius 2 is 1.95 bits per heavy atom. The lowest BCUT2D eigenvalue weighted by Crippen LogP contribution is -2.32. The van der Waals surface area contributed by atoms with Crippen molar-refractivity contribution in [2.45, 2.75) is 44.6 Å². The van der Waals surface area contributed by atoms with E-state index in [-0.39, 0.29) is 0 Å². The predicted octanol–water partition coefficient (Wildman–Crippen LogP) is 4.15. The molecule has 0 atom stereocenters. The van der Waals surface area contributed by atoms with Crippen LogP contribution in [0.25, 0.3) is 0 Å². The average Bonchev–Trinajstić information content (AvgIpc) is 2.73. The van der Waals surface area contributed by atoms with E-state index in [1.54, 1.807) is 7.11 Å². The van der Waals surface area contributed by atoms with Crippen LogP contribution in [0.3, 0.4) is 0 Å². The molecular weight excluding hydrogens is 318 g/mol. The van der Waals surface area contributed by atoms with Crippen LogP contribution in [0, 0.1) is 0 Å². The van der Waals surface area contributed by atoms with Crippen molar-refractivity contribution in [1.82, 2.24) is 5.32 Å². The van der Waals surface area contributed by atoms with Crippen LogP contribution in [0.5, 0.6) is 11.5 Å². The molecule has 0 unspecified atom stereocenters. The van der Waals surface area contributed by atoms with Crippen LogP contribution in [0.15, 0.2) is 22.7 Å². The number of methoxy groups -OCH3 is 1. The molecule has 1 aromatic carbocycles. The van der Waals surface area contributed by atoms with Crippen LogP contribution in [-0.2, 0) is 0 Å². The van der Waals surface area contributed by atoms with Crippen molar-refractivity contribution in [2.24, 2.45) is 0 Å². The summed E-state index contributed by atoms with van der Waals surface area (Å²) in [5.41, 5.74) is 0. The molecule has 20 heavy (non-hydrogen) atoms. The minimum atomic E-state index is 0.662. The van der Waals surface area contributed by atoms with Crippen LogP contribution >= 0.6 is 15.9 Å². The quantitative estimate of drug-likeness (QED) is 0.622. The van der Waals surface area contributed by atoms with Gasteiger partial charge < -0.3 is 14.8 Å². The molecule has 0 amide bonds. The molecule has 2 rings (SSSR count). The summed E-state index contributed by atoms with van der Waals surface area (Å²) in [6, 6.07) is 6.50. The number of rotatable bonds is 6. The molecule has 0 saturated heterocycles. The third-order valence-electron chi connectivity index (χ3n) is 3.79. The fourth-order valence-corrected chi connectivity index (χ4v) is 3.15. The summed E-state index contributed by atoms with van der Waals surface area (Å²) >= 11 is 3.50. The Bertz CT molecular complexity index is 403. The highest BCUT2D eigenvalue weighted by Crippen LogP contribution is 2.34. The van der Waals surface area contributed by atoms with Crippen molar-refractivity contribution in [2.75, 3.05) is 20.3 Å². The monoisotopic (exact) mass is 341 g/mol. The second-order valence-electron chi connectivity index (χ2n) is 5.26. The fourth-order valence-electron chi connectivity index (χ4n) is 2.69. The maximum Gasteiger partial charge on any atom is 0.175 e. The van der Waals surface area contributed by atoms with E-state index in [0.29, 0.717) is 12.6 Å². The van der Waals surface area contributed by atoms with Crippen molar-refractivity contribution >= 4 is 15.9 Å². The van der Waals surface area contributed by atoms with Crippen LogP contribution in [0.4, 0.5) is 0 Å². The molecule has 3 nitrogen and oxygen atoms in total. The van der Waals surface area contributed by atoms with Gasteiger partial charge in [-0.3, -0.25) is 0 Å². The molecule has 0 aliphatic heterocycles. The Kier molecular flexibility index (Phi) is 6.67. The lowest BCUT2D eigenvalue weighted by Gasteiger charge is -2.17. The summed E-state index contributed by atoms with van der Waals surface area (Å²) in [6.07, 6.45) is 8.11. The molecule has 0 radical (unpaired) electrons. The van der Waals surface area contributed by atoms with Crippen LogP contribution in [-0.4, -0.2) is 26.3 Å². The molecule has 1 fully saturated rings. The topological polar surface area (TPSA) is 30.5 Å². The van der Waals surface area contributed by atoms with E-state index in [0.717, 1.165) is 22.5 Å². The normalized spacial score (nSPS) is 16.7. The standard InChI is InChI=1S/C16H24BrNO2/c1-19-15-10-6-9-14(17)16(15)20-12-11-18-13-7-4-2-3-5-8-13/h6,9-10,13,18H,2-5,7-8,11-12H2,1H3. The number of ether oxygens (including phenoxy) is 2. The van der Waals surface area contributed by atoms with Gasteiger partial charge in [-0.25, -0.2) is 0 Å². The molecule has 1 aliphatic rings. The second kappa shape index (κ2) is 8.53. The summed E-state index contributed by atoms with van der Waals surface area (Å²) in [7, 11) is 1.67. The van der Waals surface area contributed by atoms with Gasteiger partial charge in [0, 0.05) is 12.6 Å². The SMILES string of the molecule is COc1cccc(Br)c1OCCNC1CCCCCC1. The highest BCUT2D eigenvalue weighted by molar-refractivity contribution is 9.10. The first-order valence-corrected chi connectivity index (χ1v) is 8.29. The smallest absolute Gasteiger partial charge is 0.175 e. The van der Waals surface area contributed by atoms with E-state index in [4.69, 9.17) is 9.47 Å². The summed E-state index contributed by atoms with van der Waals surface area (Å²) in [4.78, 5) is 0. The zero-order chi connectivity index (χ0) is 14.2. The minimum absolute atomic E-state index is 0.662. The van der Waals surface area contributed by atoms with E-state index >= 15 is 0 Å². The molecule has 4 heteroatoms. The Morgan fingerprint density at radius 3 is 2.65 bits per heavy atom. The first kappa shape index (κ1) is 15.6. The maximum absolute atomic E-state index is 5.85. The van der Waals surface area contributed by atoms with Crippen molar-refractivity contribution in [3.63, 3.8) is 0 Å².